The van der Waals surface area contributed by atoms with Gasteiger partial charge in [0.2, 0.25) is 5.91 Å². The molecule has 0 aliphatic rings. The van der Waals surface area contributed by atoms with Crippen molar-refractivity contribution in [3.63, 3.8) is 0 Å². The zero-order chi connectivity index (χ0) is 24.6. The van der Waals surface area contributed by atoms with E-state index in [1.807, 2.05) is 56.3 Å². The highest BCUT2D eigenvalue weighted by Crippen LogP contribution is 2.26. The fourth-order valence-electron chi connectivity index (χ4n) is 3.19. The number of hydrogen-bond acceptors (Lipinski definition) is 4. The third kappa shape index (κ3) is 7.39. The second kappa shape index (κ2) is 11.2. The van der Waals surface area contributed by atoms with Crippen molar-refractivity contribution in [3.8, 4) is 12.5 Å². The summed E-state index contributed by atoms with van der Waals surface area (Å²) in [6.07, 6.45) is 4.94. The number of hydrogen-bond donors (Lipinski definition) is 2. The summed E-state index contributed by atoms with van der Waals surface area (Å²) in [6, 6.07) is 16.2. The highest BCUT2D eigenvalue weighted by molar-refractivity contribution is 5.91. The van der Waals surface area contributed by atoms with Gasteiger partial charge in [-0.3, -0.25) is 14.5 Å². The third-order valence-electron chi connectivity index (χ3n) is 4.95. The maximum Gasteiger partial charge on any atom is 0.408 e. The molecule has 0 saturated carbocycles. The summed E-state index contributed by atoms with van der Waals surface area (Å²) in [4.78, 5) is 39.2. The predicted molar refractivity (Wildman–Crippen MR) is 127 cm³/mol. The van der Waals surface area contributed by atoms with Gasteiger partial charge in [0.1, 0.15) is 18.2 Å². The number of aryl methyl sites for hydroxylation is 1. The topological polar surface area (TPSA) is 87.7 Å². The van der Waals surface area contributed by atoms with Crippen LogP contribution >= 0.6 is 0 Å². The lowest BCUT2D eigenvalue weighted by molar-refractivity contribution is -0.136. The molecule has 0 fully saturated rings. The maximum atomic E-state index is 13.3. The Morgan fingerprint density at radius 3 is 2.30 bits per heavy atom. The Bertz CT molecular complexity index is 1040. The lowest BCUT2D eigenvalue weighted by Crippen LogP contribution is -2.46. The molecular weight excluding hydrogens is 418 g/mol. The molecule has 2 aromatic rings. The van der Waals surface area contributed by atoms with Gasteiger partial charge in [-0.25, -0.2) is 4.79 Å². The number of terminal acetylenes is 1. The van der Waals surface area contributed by atoms with E-state index >= 15 is 0 Å². The second-order valence-corrected chi connectivity index (χ2v) is 8.64. The summed E-state index contributed by atoms with van der Waals surface area (Å²) in [5.41, 5.74) is 2.63. The monoisotopic (exact) mass is 449 g/mol. The summed E-state index contributed by atoms with van der Waals surface area (Å²) in [5, 5.41) is 5.27. The van der Waals surface area contributed by atoms with Crippen LogP contribution in [0.3, 0.4) is 0 Å². The van der Waals surface area contributed by atoms with Crippen LogP contribution in [0.25, 0.3) is 0 Å². The third-order valence-corrected chi connectivity index (χ3v) is 4.95. The van der Waals surface area contributed by atoms with Crippen LogP contribution in [0.4, 0.5) is 4.79 Å². The Hall–Kier alpha value is -3.79. The zero-order valence-corrected chi connectivity index (χ0v) is 19.8. The molecule has 0 spiro atoms. The fraction of sp³-hybridized carbons (Fsp3) is 0.346. The molecule has 1 atom stereocenters. The van der Waals surface area contributed by atoms with Gasteiger partial charge in [-0.05, 0) is 56.9 Å². The van der Waals surface area contributed by atoms with E-state index in [-0.39, 0.29) is 6.54 Å². The molecule has 2 aromatic carbocycles. The van der Waals surface area contributed by atoms with Gasteiger partial charge in [0.05, 0.1) is 0 Å². The molecule has 0 aromatic heterocycles. The number of nitrogens with one attached hydrogen (secondary N) is 2. The van der Waals surface area contributed by atoms with Crippen molar-refractivity contribution in [2.75, 3.05) is 6.54 Å². The van der Waals surface area contributed by atoms with Crippen LogP contribution in [-0.2, 0) is 20.9 Å². The molecule has 0 aliphatic heterocycles. The van der Waals surface area contributed by atoms with E-state index in [4.69, 9.17) is 11.2 Å². The molecule has 0 aliphatic carbocycles. The highest BCUT2D eigenvalue weighted by atomic mass is 16.6. The van der Waals surface area contributed by atoms with Crippen LogP contribution in [0.2, 0.25) is 0 Å². The summed E-state index contributed by atoms with van der Waals surface area (Å²) >= 11 is 0. The van der Waals surface area contributed by atoms with Crippen LogP contribution in [0.5, 0.6) is 0 Å². The summed E-state index contributed by atoms with van der Waals surface area (Å²) in [6.45, 7) is 8.82. The fourth-order valence-corrected chi connectivity index (χ4v) is 3.19. The van der Waals surface area contributed by atoms with Crippen molar-refractivity contribution < 1.29 is 19.1 Å². The maximum absolute atomic E-state index is 13.3. The molecule has 1 unspecified atom stereocenters. The smallest absolute Gasteiger partial charge is 0.408 e. The Morgan fingerprint density at radius 1 is 1.03 bits per heavy atom. The van der Waals surface area contributed by atoms with Crippen LogP contribution < -0.4 is 10.6 Å². The van der Waals surface area contributed by atoms with Crippen LogP contribution in [0, 0.1) is 26.3 Å². The number of ether oxygens (including phenoxy) is 1. The van der Waals surface area contributed by atoms with E-state index in [0.29, 0.717) is 5.56 Å². The molecular formula is C26H31N3O4. The van der Waals surface area contributed by atoms with E-state index in [1.165, 1.54) is 0 Å². The number of carbonyl (C=O) groups excluding carboxylic acids is 3. The van der Waals surface area contributed by atoms with Crippen molar-refractivity contribution in [2.45, 2.75) is 52.8 Å². The van der Waals surface area contributed by atoms with Crippen molar-refractivity contribution in [1.29, 1.82) is 0 Å². The minimum Gasteiger partial charge on any atom is -0.444 e. The SMILES string of the molecule is C#CN(C(=O)CNC(=O)OC(C)(C)C)C(C(=O)NCc1ccccc1)c1cccc(C)c1C. The Labute approximate surface area is 195 Å². The quantitative estimate of drug-likeness (QED) is 0.499. The molecule has 2 N–H and O–H groups in total. The molecule has 174 valence electrons. The first-order valence-corrected chi connectivity index (χ1v) is 10.7. The van der Waals surface area contributed by atoms with Gasteiger partial charge in [-0.1, -0.05) is 55.0 Å². The van der Waals surface area contributed by atoms with Crippen molar-refractivity contribution in [3.05, 3.63) is 70.8 Å². The van der Waals surface area contributed by atoms with E-state index in [0.717, 1.165) is 21.6 Å². The van der Waals surface area contributed by atoms with Crippen molar-refractivity contribution in [1.82, 2.24) is 15.5 Å². The number of carbonyl (C=O) groups is 3. The molecule has 3 amide bonds. The number of rotatable bonds is 7. The van der Waals surface area contributed by atoms with Crippen LogP contribution in [0.15, 0.2) is 48.5 Å². The van der Waals surface area contributed by atoms with E-state index in [2.05, 4.69) is 16.7 Å². The summed E-state index contributed by atoms with van der Waals surface area (Å²) in [5.74, 6) is -1.03. The zero-order valence-electron chi connectivity index (χ0n) is 19.8. The Morgan fingerprint density at radius 2 is 1.70 bits per heavy atom. The lowest BCUT2D eigenvalue weighted by atomic mass is 9.95. The molecule has 0 bridgehead atoms. The summed E-state index contributed by atoms with van der Waals surface area (Å²) in [7, 11) is 0. The van der Waals surface area contributed by atoms with Gasteiger partial charge in [0.25, 0.3) is 5.91 Å². The highest BCUT2D eigenvalue weighted by Gasteiger charge is 2.32. The Balaban J connectivity index is 2.27. The first kappa shape index (κ1) is 25.5. The van der Waals surface area contributed by atoms with Gasteiger partial charge in [0, 0.05) is 12.6 Å². The number of nitrogens with zero attached hydrogens (tertiary/aromatic N) is 1. The minimum atomic E-state index is -1.06. The largest absolute Gasteiger partial charge is 0.444 e. The van der Waals surface area contributed by atoms with E-state index in [1.54, 1.807) is 26.8 Å². The first-order valence-electron chi connectivity index (χ1n) is 10.7. The van der Waals surface area contributed by atoms with Crippen molar-refractivity contribution in [2.24, 2.45) is 0 Å². The van der Waals surface area contributed by atoms with Crippen LogP contribution in [0.1, 0.15) is 49.1 Å². The Kier molecular flexibility index (Phi) is 8.63. The minimum absolute atomic E-state index is 0.282. The molecule has 2 rings (SSSR count). The molecule has 7 heteroatoms. The van der Waals surface area contributed by atoms with Gasteiger partial charge >= 0.3 is 6.09 Å². The number of amides is 3. The average molecular weight is 450 g/mol. The van der Waals surface area contributed by atoms with Gasteiger partial charge in [-0.15, -0.1) is 0 Å². The van der Waals surface area contributed by atoms with Gasteiger partial charge in [-0.2, -0.15) is 0 Å². The van der Waals surface area contributed by atoms with E-state index in [9.17, 15) is 14.4 Å². The number of benzene rings is 2. The molecule has 7 nitrogen and oxygen atoms in total. The summed E-state index contributed by atoms with van der Waals surface area (Å²) < 4.78 is 5.16. The molecule has 0 heterocycles. The molecule has 0 saturated heterocycles. The predicted octanol–water partition coefficient (Wildman–Crippen LogP) is 3.60. The van der Waals surface area contributed by atoms with Gasteiger partial charge < -0.3 is 15.4 Å². The van der Waals surface area contributed by atoms with Gasteiger partial charge in [0.15, 0.2) is 0 Å². The van der Waals surface area contributed by atoms with E-state index < -0.39 is 36.1 Å². The second-order valence-electron chi connectivity index (χ2n) is 8.64. The van der Waals surface area contributed by atoms with Crippen LogP contribution in [-0.4, -0.2) is 35.0 Å². The lowest BCUT2D eigenvalue weighted by Gasteiger charge is -2.28. The number of alkyl carbamates (subject to hydrolysis) is 1. The first-order chi connectivity index (χ1) is 15.5. The molecule has 0 radical (unpaired) electrons. The normalized spacial score (nSPS) is 11.6. The average Bonchev–Trinajstić information content (AvgIpc) is 2.76. The standard InChI is InChI=1S/C26H31N3O4/c1-7-29(22(30)17-28-25(32)33-26(4,5)6)23(21-15-11-12-18(2)19(21)3)24(31)27-16-20-13-9-8-10-14-20/h1,8-15,23H,16-17H2,2-6H3,(H,27,31)(H,28,32). The van der Waals surface area contributed by atoms with Crippen molar-refractivity contribution >= 4 is 17.9 Å². The molecule has 33 heavy (non-hydrogen) atoms.